The van der Waals surface area contributed by atoms with E-state index in [9.17, 15) is 4.79 Å². The first kappa shape index (κ1) is 21.4. The summed E-state index contributed by atoms with van der Waals surface area (Å²) in [5.41, 5.74) is 9.44. The summed E-state index contributed by atoms with van der Waals surface area (Å²) in [6.07, 6.45) is 1.61. The highest BCUT2D eigenvalue weighted by Crippen LogP contribution is 2.31. The van der Waals surface area contributed by atoms with E-state index in [0.29, 0.717) is 13.2 Å². The van der Waals surface area contributed by atoms with E-state index in [1.807, 2.05) is 55.5 Å². The molecule has 0 aliphatic carbocycles. The normalized spacial score (nSPS) is 22.1. The molecule has 1 amide bonds. The van der Waals surface area contributed by atoms with Gasteiger partial charge in [-0.2, -0.15) is 0 Å². The van der Waals surface area contributed by atoms with Gasteiger partial charge in [0.25, 0.3) is 0 Å². The molecule has 2 aliphatic heterocycles. The summed E-state index contributed by atoms with van der Waals surface area (Å²) in [6.45, 7) is 3.09. The first-order chi connectivity index (χ1) is 16.1. The maximum Gasteiger partial charge on any atom is 0.249 e. The van der Waals surface area contributed by atoms with Crippen molar-refractivity contribution in [3.63, 3.8) is 0 Å². The molecule has 0 spiro atoms. The average Bonchev–Trinajstić information content (AvgIpc) is 3.52. The molecular weight excluding hydrogens is 422 g/mol. The van der Waals surface area contributed by atoms with E-state index < -0.39 is 11.8 Å². The van der Waals surface area contributed by atoms with Crippen LogP contribution in [0.3, 0.4) is 0 Å². The number of carbonyl (C=O) groups excluding carboxylic acids is 1. The van der Waals surface area contributed by atoms with Crippen molar-refractivity contribution in [3.05, 3.63) is 77.5 Å². The summed E-state index contributed by atoms with van der Waals surface area (Å²) < 4.78 is 11.5. The van der Waals surface area contributed by atoms with E-state index in [1.54, 1.807) is 5.48 Å². The van der Waals surface area contributed by atoms with E-state index in [4.69, 9.17) is 19.5 Å². The number of aromatic nitrogens is 1. The molecule has 2 aromatic carbocycles. The van der Waals surface area contributed by atoms with E-state index in [1.165, 1.54) is 0 Å². The molecule has 8 heteroatoms. The lowest BCUT2D eigenvalue weighted by molar-refractivity contribution is -0.135. The minimum absolute atomic E-state index is 0.177. The lowest BCUT2D eigenvalue weighted by atomic mass is 9.89. The molecule has 0 bridgehead atoms. The number of benzene rings is 2. The van der Waals surface area contributed by atoms with Crippen LogP contribution in [0.5, 0.6) is 5.75 Å². The summed E-state index contributed by atoms with van der Waals surface area (Å²) in [7, 11) is 0. The molecule has 0 saturated carbocycles. The van der Waals surface area contributed by atoms with Gasteiger partial charge in [0.2, 0.25) is 5.91 Å². The maximum absolute atomic E-state index is 11.9. The van der Waals surface area contributed by atoms with Crippen LogP contribution >= 0.6 is 0 Å². The largest absolute Gasteiger partial charge is 0.489 e. The van der Waals surface area contributed by atoms with Crippen LogP contribution in [0.25, 0.3) is 16.6 Å². The Morgan fingerprint density at radius 3 is 2.85 bits per heavy atom. The quantitative estimate of drug-likeness (QED) is 0.394. The smallest absolute Gasteiger partial charge is 0.249 e. The van der Waals surface area contributed by atoms with E-state index in [2.05, 4.69) is 22.6 Å². The zero-order chi connectivity index (χ0) is 22.8. The Balaban J connectivity index is 1.26. The second-order valence-electron chi connectivity index (χ2n) is 8.30. The highest BCUT2D eigenvalue weighted by molar-refractivity contribution is 5.82. The van der Waals surface area contributed by atoms with Crippen LogP contribution in [0.4, 0.5) is 0 Å². The molecule has 1 aromatic heterocycles. The van der Waals surface area contributed by atoms with Crippen molar-refractivity contribution in [2.45, 2.75) is 19.6 Å². The number of amides is 1. The Hall–Kier alpha value is -3.46. The van der Waals surface area contributed by atoms with Gasteiger partial charge in [-0.3, -0.25) is 25.3 Å². The van der Waals surface area contributed by atoms with Crippen LogP contribution < -0.4 is 15.7 Å². The molecule has 5 rings (SSSR count). The standard InChI is InChI=1S/C25H25N3O5/c1-15-10-17(19-4-2-3-5-22(19)26-15)12-32-18-8-6-16(7-9-18)23-11-24(33-28-23)20-13-31-14-21(20)25(29)27-30/h2-11,20-21,24,28,30H,12-14H2,1H3,(H,27,29)/t20-,21+,24?/m1/s1. The number of nitrogens with zero attached hydrogens (tertiary/aromatic N) is 1. The first-order valence-electron chi connectivity index (χ1n) is 10.9. The van der Waals surface area contributed by atoms with Crippen LogP contribution in [0.15, 0.2) is 60.7 Å². The van der Waals surface area contributed by atoms with Crippen molar-refractivity contribution in [1.82, 2.24) is 15.9 Å². The molecule has 8 nitrogen and oxygen atoms in total. The second kappa shape index (κ2) is 9.19. The Morgan fingerprint density at radius 2 is 2.03 bits per heavy atom. The van der Waals surface area contributed by atoms with Crippen molar-refractivity contribution in [2.24, 2.45) is 11.8 Å². The summed E-state index contributed by atoms with van der Waals surface area (Å²) in [5, 5.41) is 10.0. The van der Waals surface area contributed by atoms with Crippen molar-refractivity contribution in [3.8, 4) is 5.75 Å². The second-order valence-corrected chi connectivity index (χ2v) is 8.30. The van der Waals surface area contributed by atoms with Gasteiger partial charge in [-0.05, 0) is 55.0 Å². The van der Waals surface area contributed by atoms with Gasteiger partial charge < -0.3 is 9.47 Å². The number of nitrogens with one attached hydrogen (secondary N) is 2. The molecule has 1 fully saturated rings. The number of hydroxylamine groups is 2. The number of carbonyl (C=O) groups is 1. The predicted molar refractivity (Wildman–Crippen MR) is 121 cm³/mol. The zero-order valence-electron chi connectivity index (χ0n) is 18.2. The Morgan fingerprint density at radius 1 is 1.21 bits per heavy atom. The molecule has 3 heterocycles. The van der Waals surface area contributed by atoms with Crippen LogP contribution in [0, 0.1) is 18.8 Å². The number of aryl methyl sites for hydroxylation is 1. The molecule has 3 atom stereocenters. The summed E-state index contributed by atoms with van der Waals surface area (Å²) in [4.78, 5) is 22.1. The van der Waals surface area contributed by atoms with E-state index in [-0.39, 0.29) is 18.6 Å². The topological polar surface area (TPSA) is 102 Å². The van der Waals surface area contributed by atoms with E-state index in [0.717, 1.165) is 39.2 Å². The zero-order valence-corrected chi connectivity index (χ0v) is 18.2. The third-order valence-electron chi connectivity index (χ3n) is 6.12. The number of pyridine rings is 1. The predicted octanol–water partition coefficient (Wildman–Crippen LogP) is 3.13. The fourth-order valence-corrected chi connectivity index (χ4v) is 4.38. The lowest BCUT2D eigenvalue weighted by Crippen LogP contribution is -2.37. The molecule has 3 N–H and O–H groups in total. The fraction of sp³-hybridized carbons (Fsp3) is 0.280. The Kier molecular flexibility index (Phi) is 5.95. The summed E-state index contributed by atoms with van der Waals surface area (Å²) in [6, 6.07) is 17.9. The lowest BCUT2D eigenvalue weighted by Gasteiger charge is -2.19. The van der Waals surface area contributed by atoms with Crippen LogP contribution in [0.1, 0.15) is 16.8 Å². The fourth-order valence-electron chi connectivity index (χ4n) is 4.38. The van der Waals surface area contributed by atoms with Gasteiger partial charge in [0.05, 0.1) is 30.3 Å². The van der Waals surface area contributed by atoms with Crippen molar-refractivity contribution in [2.75, 3.05) is 13.2 Å². The Labute approximate surface area is 191 Å². The van der Waals surface area contributed by atoms with Gasteiger partial charge in [-0.1, -0.05) is 18.2 Å². The number of hydrogen-bond acceptors (Lipinski definition) is 7. The van der Waals surface area contributed by atoms with Crippen molar-refractivity contribution >= 4 is 22.5 Å². The van der Waals surface area contributed by atoms with Gasteiger partial charge in [0.1, 0.15) is 18.5 Å². The van der Waals surface area contributed by atoms with Gasteiger partial charge in [0, 0.05) is 22.6 Å². The van der Waals surface area contributed by atoms with Gasteiger partial charge >= 0.3 is 0 Å². The average molecular weight is 447 g/mol. The molecule has 170 valence electrons. The number of hydrogen-bond donors (Lipinski definition) is 3. The minimum atomic E-state index is -0.457. The first-order valence-corrected chi connectivity index (χ1v) is 10.9. The van der Waals surface area contributed by atoms with Crippen LogP contribution in [-0.2, 0) is 21.0 Å². The van der Waals surface area contributed by atoms with Gasteiger partial charge in [-0.25, -0.2) is 5.48 Å². The highest BCUT2D eigenvalue weighted by atomic mass is 16.7. The van der Waals surface area contributed by atoms with Crippen LogP contribution in [-0.4, -0.2) is 35.4 Å². The molecule has 0 radical (unpaired) electrons. The maximum atomic E-state index is 11.9. The molecule has 1 unspecified atom stereocenters. The number of ether oxygens (including phenoxy) is 2. The number of rotatable bonds is 6. The highest BCUT2D eigenvalue weighted by Gasteiger charge is 2.41. The molecule has 1 saturated heterocycles. The minimum Gasteiger partial charge on any atom is -0.489 e. The Bertz CT molecular complexity index is 1190. The van der Waals surface area contributed by atoms with Crippen molar-refractivity contribution < 1.29 is 24.3 Å². The SMILES string of the molecule is Cc1cc(COc2ccc(C3=CC([C@@H]4COC[C@@H]4C(=O)NO)ON3)cc2)c2ccccc2n1. The molecule has 2 aliphatic rings. The van der Waals surface area contributed by atoms with Gasteiger partial charge in [-0.15, -0.1) is 0 Å². The third kappa shape index (κ3) is 4.41. The molecule has 3 aromatic rings. The third-order valence-corrected chi connectivity index (χ3v) is 6.12. The van der Waals surface area contributed by atoms with Gasteiger partial charge in [0.15, 0.2) is 0 Å². The molecular formula is C25H25N3O5. The number of fused-ring (bicyclic) bond motifs is 1. The van der Waals surface area contributed by atoms with Crippen LogP contribution in [0.2, 0.25) is 0 Å². The molecule has 33 heavy (non-hydrogen) atoms. The van der Waals surface area contributed by atoms with Crippen molar-refractivity contribution in [1.29, 1.82) is 0 Å². The summed E-state index contributed by atoms with van der Waals surface area (Å²) in [5.74, 6) is -0.330. The monoisotopic (exact) mass is 447 g/mol. The number of para-hydroxylation sites is 1. The summed E-state index contributed by atoms with van der Waals surface area (Å²) >= 11 is 0. The van der Waals surface area contributed by atoms with E-state index >= 15 is 0 Å².